The summed E-state index contributed by atoms with van der Waals surface area (Å²) < 4.78 is 10.8. The molecule has 31 heavy (non-hydrogen) atoms. The predicted octanol–water partition coefficient (Wildman–Crippen LogP) is 4.27. The molecule has 1 aliphatic rings. The molecule has 1 saturated heterocycles. The molecule has 0 atom stereocenters. The van der Waals surface area contributed by atoms with Gasteiger partial charge in [-0.3, -0.25) is 9.69 Å². The van der Waals surface area contributed by atoms with Crippen molar-refractivity contribution in [3.8, 4) is 5.75 Å². The summed E-state index contributed by atoms with van der Waals surface area (Å²) in [5.41, 5.74) is 3.62. The third kappa shape index (κ3) is 4.38. The molecule has 7 nitrogen and oxygen atoms in total. The first kappa shape index (κ1) is 21.6. The summed E-state index contributed by atoms with van der Waals surface area (Å²) in [6.45, 7) is 9.51. The van der Waals surface area contributed by atoms with E-state index in [1.54, 1.807) is 7.11 Å². The number of fused-ring (bicyclic) bond motifs is 1. The van der Waals surface area contributed by atoms with Crippen molar-refractivity contribution in [2.45, 2.75) is 33.2 Å². The van der Waals surface area contributed by atoms with Crippen LogP contribution in [0.4, 0.5) is 0 Å². The Morgan fingerprint density at radius 2 is 1.97 bits per heavy atom. The zero-order chi connectivity index (χ0) is 22.1. The van der Waals surface area contributed by atoms with E-state index in [0.717, 1.165) is 36.6 Å². The van der Waals surface area contributed by atoms with Crippen molar-refractivity contribution in [1.82, 2.24) is 19.9 Å². The largest absolute Gasteiger partial charge is 0.496 e. The van der Waals surface area contributed by atoms with E-state index in [4.69, 9.17) is 20.9 Å². The van der Waals surface area contributed by atoms with Gasteiger partial charge in [-0.2, -0.15) is 0 Å². The molecule has 1 aliphatic heterocycles. The van der Waals surface area contributed by atoms with E-state index in [2.05, 4.69) is 28.9 Å². The number of benzene rings is 1. The van der Waals surface area contributed by atoms with Gasteiger partial charge in [0.1, 0.15) is 5.75 Å². The van der Waals surface area contributed by atoms with Crippen molar-refractivity contribution >= 4 is 28.6 Å². The number of carbonyl (C=O) groups is 1. The fourth-order valence-electron chi connectivity index (χ4n) is 3.97. The first-order valence-electron chi connectivity index (χ1n) is 10.5. The van der Waals surface area contributed by atoms with Crippen molar-refractivity contribution in [3.63, 3.8) is 0 Å². The van der Waals surface area contributed by atoms with E-state index in [1.807, 2.05) is 36.1 Å². The van der Waals surface area contributed by atoms with E-state index >= 15 is 0 Å². The van der Waals surface area contributed by atoms with Crippen LogP contribution in [0.5, 0.6) is 5.75 Å². The van der Waals surface area contributed by atoms with Crippen molar-refractivity contribution < 1.29 is 14.1 Å². The summed E-state index contributed by atoms with van der Waals surface area (Å²) in [5, 5.41) is 5.43. The molecular formula is C23H27ClN4O3. The number of amides is 1. The summed E-state index contributed by atoms with van der Waals surface area (Å²) in [6.07, 6.45) is 0. The van der Waals surface area contributed by atoms with Crippen LogP contribution in [0, 0.1) is 6.92 Å². The second kappa shape index (κ2) is 8.85. The van der Waals surface area contributed by atoms with Gasteiger partial charge < -0.3 is 14.2 Å². The molecule has 3 heterocycles. The summed E-state index contributed by atoms with van der Waals surface area (Å²) in [4.78, 5) is 22.2. The van der Waals surface area contributed by atoms with Gasteiger partial charge in [0.2, 0.25) is 0 Å². The van der Waals surface area contributed by atoms with Crippen LogP contribution in [-0.2, 0) is 6.54 Å². The molecule has 0 saturated carbocycles. The Morgan fingerprint density at radius 3 is 2.65 bits per heavy atom. The molecule has 8 heteroatoms. The van der Waals surface area contributed by atoms with Gasteiger partial charge in [-0.15, -0.1) is 0 Å². The molecule has 3 aromatic rings. The molecule has 0 N–H and O–H groups in total. The molecule has 0 unspecified atom stereocenters. The number of carbonyl (C=O) groups excluding carboxylic acids is 1. The highest BCUT2D eigenvalue weighted by atomic mass is 35.5. The number of nitrogens with zero attached hydrogens (tertiary/aromatic N) is 4. The zero-order valence-corrected chi connectivity index (χ0v) is 19.1. The third-order valence-electron chi connectivity index (χ3n) is 5.75. The van der Waals surface area contributed by atoms with Crippen LogP contribution in [0.2, 0.25) is 5.02 Å². The topological polar surface area (TPSA) is 71.7 Å². The van der Waals surface area contributed by atoms with E-state index in [-0.39, 0.29) is 11.8 Å². The molecule has 0 bridgehead atoms. The summed E-state index contributed by atoms with van der Waals surface area (Å²) in [5.74, 6) is 1.01. The quantitative estimate of drug-likeness (QED) is 0.587. The van der Waals surface area contributed by atoms with E-state index in [1.165, 1.54) is 0 Å². The van der Waals surface area contributed by atoms with Gasteiger partial charge in [0.25, 0.3) is 11.6 Å². The Labute approximate surface area is 186 Å². The van der Waals surface area contributed by atoms with Crippen LogP contribution in [0.3, 0.4) is 0 Å². The molecular weight excluding hydrogens is 416 g/mol. The van der Waals surface area contributed by atoms with Crippen LogP contribution in [0.25, 0.3) is 11.1 Å². The normalized spacial score (nSPS) is 15.1. The summed E-state index contributed by atoms with van der Waals surface area (Å²) in [7, 11) is 1.66. The maximum absolute atomic E-state index is 13.4. The lowest BCUT2D eigenvalue weighted by atomic mass is 10.0. The van der Waals surface area contributed by atoms with E-state index < -0.39 is 0 Å². The number of aromatic nitrogens is 2. The second-order valence-corrected chi connectivity index (χ2v) is 8.66. The van der Waals surface area contributed by atoms with Crippen molar-refractivity contribution in [2.24, 2.45) is 0 Å². The Bertz CT molecular complexity index is 1100. The molecule has 4 rings (SSSR count). The average molecular weight is 443 g/mol. The van der Waals surface area contributed by atoms with Gasteiger partial charge in [-0.25, -0.2) is 4.98 Å². The fourth-order valence-corrected chi connectivity index (χ4v) is 4.16. The minimum Gasteiger partial charge on any atom is -0.496 e. The molecule has 0 spiro atoms. The van der Waals surface area contributed by atoms with Gasteiger partial charge in [0, 0.05) is 49.0 Å². The smallest absolute Gasteiger partial charge is 0.259 e. The third-order valence-corrected chi connectivity index (χ3v) is 5.99. The fraction of sp³-hybridized carbons (Fsp3) is 0.435. The number of pyridine rings is 1. The van der Waals surface area contributed by atoms with Gasteiger partial charge in [-0.05, 0) is 37.1 Å². The second-order valence-electron chi connectivity index (χ2n) is 8.22. The molecule has 1 aromatic carbocycles. The van der Waals surface area contributed by atoms with Crippen LogP contribution < -0.4 is 4.74 Å². The number of ether oxygens (including phenoxy) is 1. The minimum absolute atomic E-state index is 0.000543. The van der Waals surface area contributed by atoms with E-state index in [0.29, 0.717) is 40.5 Å². The van der Waals surface area contributed by atoms with Crippen LogP contribution in [-0.4, -0.2) is 59.1 Å². The lowest BCUT2D eigenvalue weighted by Gasteiger charge is -2.35. The Balaban J connectivity index is 1.50. The highest BCUT2D eigenvalue weighted by molar-refractivity contribution is 6.30. The number of piperazine rings is 1. The van der Waals surface area contributed by atoms with Gasteiger partial charge in [-0.1, -0.05) is 30.6 Å². The minimum atomic E-state index is 0.000543. The lowest BCUT2D eigenvalue weighted by Crippen LogP contribution is -2.48. The van der Waals surface area contributed by atoms with Gasteiger partial charge in [0.15, 0.2) is 0 Å². The molecule has 0 radical (unpaired) electrons. The van der Waals surface area contributed by atoms with Crippen molar-refractivity contribution in [1.29, 1.82) is 0 Å². The molecule has 1 amide bonds. The maximum Gasteiger partial charge on any atom is 0.259 e. The van der Waals surface area contributed by atoms with Crippen LogP contribution in [0.1, 0.15) is 47.1 Å². The number of rotatable bonds is 5. The lowest BCUT2D eigenvalue weighted by molar-refractivity contribution is 0.0629. The average Bonchev–Trinajstić information content (AvgIpc) is 3.14. The molecule has 164 valence electrons. The first-order valence-corrected chi connectivity index (χ1v) is 10.9. The Hall–Kier alpha value is -2.64. The van der Waals surface area contributed by atoms with Gasteiger partial charge in [0.05, 0.1) is 23.8 Å². The number of halogens is 1. The molecule has 1 fully saturated rings. The first-order chi connectivity index (χ1) is 14.9. The highest BCUT2D eigenvalue weighted by Gasteiger charge is 2.27. The van der Waals surface area contributed by atoms with E-state index in [9.17, 15) is 4.79 Å². The molecule has 2 aromatic heterocycles. The number of hydrogen-bond donors (Lipinski definition) is 0. The maximum atomic E-state index is 13.4. The number of aryl methyl sites for hydroxylation is 1. The van der Waals surface area contributed by atoms with Gasteiger partial charge >= 0.3 is 0 Å². The monoisotopic (exact) mass is 442 g/mol. The Morgan fingerprint density at radius 1 is 1.23 bits per heavy atom. The highest BCUT2D eigenvalue weighted by Crippen LogP contribution is 2.27. The predicted molar refractivity (Wildman–Crippen MR) is 120 cm³/mol. The van der Waals surface area contributed by atoms with Crippen molar-refractivity contribution in [3.05, 3.63) is 51.8 Å². The van der Waals surface area contributed by atoms with Crippen molar-refractivity contribution in [2.75, 3.05) is 33.3 Å². The number of methoxy groups -OCH3 is 1. The summed E-state index contributed by atoms with van der Waals surface area (Å²) >= 11 is 6.17. The molecule has 0 aliphatic carbocycles. The Kier molecular flexibility index (Phi) is 6.16. The number of hydrogen-bond acceptors (Lipinski definition) is 6. The zero-order valence-electron chi connectivity index (χ0n) is 18.3. The summed E-state index contributed by atoms with van der Waals surface area (Å²) in [6, 6.07) is 7.55. The van der Waals surface area contributed by atoms with Crippen LogP contribution >= 0.6 is 11.6 Å². The van der Waals surface area contributed by atoms with Crippen LogP contribution in [0.15, 0.2) is 28.8 Å². The standard InChI is InChI=1S/C23H27ClN4O3/c1-14(2)19-12-18(21-15(3)26-31-22(21)25-19)23(29)28-9-7-27(8-10-28)13-16-11-17(24)5-6-20(16)30-4/h5-6,11-12,14H,7-10,13H2,1-4H3. The SMILES string of the molecule is COc1ccc(Cl)cc1CN1CCN(C(=O)c2cc(C(C)C)nc3onc(C)c23)CC1.